The number of aryl methyl sites for hydroxylation is 1. The van der Waals surface area contributed by atoms with Gasteiger partial charge in [0.15, 0.2) is 6.61 Å². The van der Waals surface area contributed by atoms with Gasteiger partial charge in [0.25, 0.3) is 5.91 Å². The lowest BCUT2D eigenvalue weighted by atomic mass is 10.0. The quantitative estimate of drug-likeness (QED) is 0.362. The van der Waals surface area contributed by atoms with E-state index in [0.29, 0.717) is 30.4 Å². The Kier molecular flexibility index (Phi) is 13.5. The maximum absolute atomic E-state index is 14.2. The number of aliphatic hydroxyl groups excluding tert-OH is 1. The lowest BCUT2D eigenvalue weighted by molar-refractivity contribution is -0.147. The Morgan fingerprint density at radius 1 is 1.04 bits per heavy atom. The first-order valence-electron chi connectivity index (χ1n) is 17.8. The highest BCUT2D eigenvalue weighted by molar-refractivity contribution is 7.07. The van der Waals surface area contributed by atoms with Gasteiger partial charge in [-0.1, -0.05) is 56.8 Å². The molecule has 14 nitrogen and oxygen atoms in total. The fourth-order valence-electron chi connectivity index (χ4n) is 6.56. The van der Waals surface area contributed by atoms with Crippen LogP contribution in [-0.4, -0.2) is 98.0 Å². The monoisotopic (exact) mass is 723 g/mol. The van der Waals surface area contributed by atoms with E-state index in [1.807, 2.05) is 19.2 Å². The van der Waals surface area contributed by atoms with Crippen molar-refractivity contribution in [3.63, 3.8) is 0 Å². The van der Waals surface area contributed by atoms with Crippen molar-refractivity contribution in [2.75, 3.05) is 20.1 Å². The number of para-hydroxylation sites is 1. The Bertz CT molecular complexity index is 1610. The Morgan fingerprint density at radius 3 is 2.57 bits per heavy atom. The molecule has 1 fully saturated rings. The van der Waals surface area contributed by atoms with Crippen molar-refractivity contribution >= 4 is 35.0 Å². The Morgan fingerprint density at radius 2 is 1.80 bits per heavy atom. The van der Waals surface area contributed by atoms with Crippen LogP contribution in [0.2, 0.25) is 0 Å². The van der Waals surface area contributed by atoms with Crippen LogP contribution >= 0.6 is 11.3 Å². The average molecular weight is 724 g/mol. The van der Waals surface area contributed by atoms with E-state index in [1.54, 1.807) is 36.8 Å². The summed E-state index contributed by atoms with van der Waals surface area (Å²) in [6.07, 6.45) is 5.88. The Hall–Kier alpha value is -4.37. The third-order valence-electron chi connectivity index (χ3n) is 9.28. The summed E-state index contributed by atoms with van der Waals surface area (Å²) in [5, 5.41) is 22.5. The predicted molar refractivity (Wildman–Crippen MR) is 189 cm³/mol. The van der Waals surface area contributed by atoms with Crippen molar-refractivity contribution < 1.29 is 33.5 Å². The second-order valence-electron chi connectivity index (χ2n) is 13.8. The molecular weight excluding hydrogens is 675 g/mol. The van der Waals surface area contributed by atoms with E-state index < -0.39 is 42.0 Å². The van der Waals surface area contributed by atoms with Gasteiger partial charge in [-0.2, -0.15) is 4.98 Å². The number of aliphatic hydroxyl groups is 1. The predicted octanol–water partition coefficient (Wildman–Crippen LogP) is 3.29. The summed E-state index contributed by atoms with van der Waals surface area (Å²) >= 11 is 1.40. The molecule has 2 aliphatic rings. The number of benzene rings is 1. The van der Waals surface area contributed by atoms with Gasteiger partial charge >= 0.3 is 0 Å². The SMILES string of the molecule is CC(C)C[C@H]1NC(=O)c2ccccc2OCc2noc(n2)CCCCCCCCNC(=O)[C@H](Cc2cscn2)N(C)C(=O)[C@H]2C[C@H](O)CN2C1=O. The summed E-state index contributed by atoms with van der Waals surface area (Å²) in [5.41, 5.74) is 2.58. The van der Waals surface area contributed by atoms with E-state index in [0.717, 1.165) is 38.5 Å². The molecule has 0 saturated carbocycles. The number of ether oxygens (including phenoxy) is 1. The van der Waals surface area contributed by atoms with Crippen molar-refractivity contribution in [1.82, 2.24) is 35.6 Å². The molecule has 1 aromatic carbocycles. The fraction of sp³-hybridized carbons (Fsp3) is 0.583. The van der Waals surface area contributed by atoms with Gasteiger partial charge < -0.3 is 34.8 Å². The molecule has 3 aromatic rings. The van der Waals surface area contributed by atoms with Gasteiger partial charge in [0, 0.05) is 44.8 Å². The summed E-state index contributed by atoms with van der Waals surface area (Å²) in [6.45, 7) is 4.24. The lowest BCUT2D eigenvalue weighted by Crippen LogP contribution is -2.57. The fourth-order valence-corrected chi connectivity index (χ4v) is 7.13. The van der Waals surface area contributed by atoms with Gasteiger partial charge in [-0.25, -0.2) is 4.98 Å². The molecule has 15 heteroatoms. The van der Waals surface area contributed by atoms with Gasteiger partial charge in [-0.3, -0.25) is 19.2 Å². The van der Waals surface area contributed by atoms with E-state index in [9.17, 15) is 24.3 Å². The largest absolute Gasteiger partial charge is 0.485 e. The van der Waals surface area contributed by atoms with Gasteiger partial charge in [0.1, 0.15) is 23.9 Å². The topological polar surface area (TPSA) is 180 Å². The van der Waals surface area contributed by atoms with Crippen LogP contribution in [0.15, 0.2) is 39.7 Å². The number of likely N-dealkylation sites (N-methyl/N-ethyl adjacent to an activating group) is 1. The van der Waals surface area contributed by atoms with Crippen LogP contribution in [0.25, 0.3) is 0 Å². The maximum atomic E-state index is 14.2. The Labute approximate surface area is 302 Å². The Balaban J connectivity index is 1.41. The van der Waals surface area contributed by atoms with Crippen LogP contribution in [-0.2, 0) is 33.8 Å². The highest BCUT2D eigenvalue weighted by Crippen LogP contribution is 2.25. The first-order valence-corrected chi connectivity index (χ1v) is 18.8. The number of carbonyl (C=O) groups excluding carboxylic acids is 4. The lowest BCUT2D eigenvalue weighted by Gasteiger charge is -2.34. The summed E-state index contributed by atoms with van der Waals surface area (Å²) in [4.78, 5) is 67.3. The minimum Gasteiger partial charge on any atom is -0.485 e. The average Bonchev–Trinajstić information content (AvgIpc) is 3.89. The molecule has 0 spiro atoms. The molecule has 276 valence electrons. The van der Waals surface area contributed by atoms with Crippen LogP contribution < -0.4 is 15.4 Å². The van der Waals surface area contributed by atoms with Crippen LogP contribution in [0.1, 0.15) is 93.0 Å². The van der Waals surface area contributed by atoms with Crippen LogP contribution in [0.5, 0.6) is 5.75 Å². The standard InChI is InChI=1S/C36H49N7O7S/c1-23(2)16-27-35(47)43-19-25(44)18-29(43)36(48)42(3)28(17-24-21-51-22-38-24)34(46)37-15-11-7-5-4-6-8-14-32-40-31(41-50-32)20-49-30-13-10-9-12-26(30)33(45)39-27/h9-10,12-13,21-23,25,27-29,44H,4-8,11,14-20H2,1-3H3,(H,37,46)(H,39,45)/t25-,27+,28-,29+/m0/s1. The first kappa shape index (κ1) is 37.9. The van der Waals surface area contributed by atoms with Crippen molar-refractivity contribution in [3.05, 3.63) is 58.1 Å². The number of thiazole rings is 1. The van der Waals surface area contributed by atoms with Gasteiger partial charge in [-0.05, 0) is 37.3 Å². The molecule has 2 aliphatic heterocycles. The van der Waals surface area contributed by atoms with Crippen molar-refractivity contribution in [1.29, 1.82) is 0 Å². The number of nitrogens with one attached hydrogen (secondary N) is 2. The molecule has 0 unspecified atom stereocenters. The highest BCUT2D eigenvalue weighted by Gasteiger charge is 2.44. The smallest absolute Gasteiger partial charge is 0.255 e. The molecule has 5 rings (SSSR count). The molecular formula is C36H49N7O7S. The third-order valence-corrected chi connectivity index (χ3v) is 9.91. The second kappa shape index (κ2) is 18.2. The van der Waals surface area contributed by atoms with Crippen LogP contribution in [0, 0.1) is 5.92 Å². The number of rotatable bonds is 4. The van der Waals surface area contributed by atoms with Crippen LogP contribution in [0.3, 0.4) is 0 Å². The number of hydrogen-bond donors (Lipinski definition) is 3. The zero-order valence-corrected chi connectivity index (χ0v) is 30.4. The van der Waals surface area contributed by atoms with Gasteiger partial charge in [-0.15, -0.1) is 11.3 Å². The highest BCUT2D eigenvalue weighted by atomic mass is 32.1. The number of carbonyl (C=O) groups is 4. The molecule has 2 bridgehead atoms. The van der Waals surface area contributed by atoms with Crippen LogP contribution in [0.4, 0.5) is 0 Å². The van der Waals surface area contributed by atoms with E-state index in [2.05, 4.69) is 25.8 Å². The molecule has 4 atom stereocenters. The van der Waals surface area contributed by atoms with E-state index in [1.165, 1.54) is 21.1 Å². The van der Waals surface area contributed by atoms with Crippen molar-refractivity contribution in [2.24, 2.45) is 5.92 Å². The molecule has 4 amide bonds. The summed E-state index contributed by atoms with van der Waals surface area (Å²) < 4.78 is 11.4. The zero-order valence-electron chi connectivity index (χ0n) is 29.6. The molecule has 1 saturated heterocycles. The number of nitrogens with zero attached hydrogens (tertiary/aromatic N) is 5. The molecule has 4 heterocycles. The minimum absolute atomic E-state index is 0.00839. The van der Waals surface area contributed by atoms with E-state index in [4.69, 9.17) is 9.26 Å². The van der Waals surface area contributed by atoms with Crippen molar-refractivity contribution in [3.8, 4) is 5.75 Å². The third kappa shape index (κ3) is 10.3. The molecule has 0 aliphatic carbocycles. The minimum atomic E-state index is -1.02. The zero-order chi connectivity index (χ0) is 36.3. The maximum Gasteiger partial charge on any atom is 0.255 e. The number of hydrogen-bond acceptors (Lipinski definition) is 11. The van der Waals surface area contributed by atoms with E-state index in [-0.39, 0.29) is 55.6 Å². The molecule has 3 N–H and O–H groups in total. The summed E-state index contributed by atoms with van der Waals surface area (Å²) in [5.74, 6) is -0.599. The summed E-state index contributed by atoms with van der Waals surface area (Å²) in [7, 11) is 1.56. The normalized spacial score (nSPS) is 23.7. The number of aromatic nitrogens is 3. The molecule has 0 radical (unpaired) electrons. The van der Waals surface area contributed by atoms with Gasteiger partial charge in [0.05, 0.1) is 22.9 Å². The van der Waals surface area contributed by atoms with E-state index >= 15 is 0 Å². The number of amides is 4. The number of fused-ring (bicyclic) bond motifs is 4. The summed E-state index contributed by atoms with van der Waals surface area (Å²) in [6, 6.07) is 3.81. The van der Waals surface area contributed by atoms with Gasteiger partial charge in [0.2, 0.25) is 29.4 Å². The van der Waals surface area contributed by atoms with Crippen molar-refractivity contribution in [2.45, 2.75) is 109 Å². The second-order valence-corrected chi connectivity index (χ2v) is 14.5. The molecule has 2 aromatic heterocycles. The molecule has 51 heavy (non-hydrogen) atoms. The first-order chi connectivity index (χ1) is 24.6.